The highest BCUT2D eigenvalue weighted by atomic mass is 16.1. The van der Waals surface area contributed by atoms with E-state index in [1.54, 1.807) is 0 Å². The standard InChI is InChI=1S/C23H34O.C4H8/c1-4-6-17-16(10-14-24)7-8-19-18(17)9-11-22(3)20(19)15-23(12-13-23)21(22)5-2;1-3-4-2/h5,10,14,17-21H,2,4,6-9,11-13,15H2,1,3H3;3H,1,4H2,2H3/b16-10-;. The van der Waals surface area contributed by atoms with Gasteiger partial charge in [-0.1, -0.05) is 44.9 Å². The quantitative estimate of drug-likeness (QED) is 0.273. The molecule has 0 radical (unpaired) electrons. The Morgan fingerprint density at radius 1 is 1.11 bits per heavy atom. The van der Waals surface area contributed by atoms with E-state index in [4.69, 9.17) is 0 Å². The number of rotatable bonds is 5. The summed E-state index contributed by atoms with van der Waals surface area (Å²) in [6, 6.07) is 0. The molecule has 1 nitrogen and oxygen atoms in total. The number of hydrogen-bond donors (Lipinski definition) is 0. The fourth-order valence-electron chi connectivity index (χ4n) is 7.61. The fraction of sp³-hybridized carbons (Fsp3) is 0.741. The Balaban J connectivity index is 0.000000516. The fourth-order valence-corrected chi connectivity index (χ4v) is 7.61. The molecule has 0 bridgehead atoms. The Hall–Kier alpha value is -1.11. The first-order valence-electron chi connectivity index (χ1n) is 11.9. The molecular formula is C27H42O. The molecule has 0 saturated heterocycles. The molecule has 0 aromatic heterocycles. The second kappa shape index (κ2) is 8.72. The van der Waals surface area contributed by atoms with Gasteiger partial charge in [0.2, 0.25) is 0 Å². The Bertz CT molecular complexity index is 610. The summed E-state index contributed by atoms with van der Waals surface area (Å²) in [6.45, 7) is 14.7. The lowest BCUT2D eigenvalue weighted by atomic mass is 9.52. The van der Waals surface area contributed by atoms with Gasteiger partial charge < -0.3 is 0 Å². The van der Waals surface area contributed by atoms with Gasteiger partial charge in [0.25, 0.3) is 0 Å². The van der Waals surface area contributed by atoms with E-state index in [9.17, 15) is 4.79 Å². The Morgan fingerprint density at radius 3 is 2.36 bits per heavy atom. The van der Waals surface area contributed by atoms with E-state index < -0.39 is 0 Å². The highest BCUT2D eigenvalue weighted by Crippen LogP contribution is 2.75. The van der Waals surface area contributed by atoms with Crippen molar-refractivity contribution in [3.05, 3.63) is 37.0 Å². The number of carbonyl (C=O) groups is 1. The lowest BCUT2D eigenvalue weighted by Gasteiger charge is -2.53. The van der Waals surface area contributed by atoms with Crippen molar-refractivity contribution in [3.63, 3.8) is 0 Å². The van der Waals surface area contributed by atoms with Gasteiger partial charge in [-0.15, -0.1) is 13.2 Å². The van der Waals surface area contributed by atoms with Crippen molar-refractivity contribution < 1.29 is 4.79 Å². The van der Waals surface area contributed by atoms with Crippen molar-refractivity contribution in [2.24, 2.45) is 40.4 Å². The zero-order valence-corrected chi connectivity index (χ0v) is 18.6. The molecule has 0 heterocycles. The Labute approximate surface area is 173 Å². The number of allylic oxidation sites excluding steroid dienone is 4. The molecule has 0 aliphatic heterocycles. The maximum absolute atomic E-state index is 11.1. The van der Waals surface area contributed by atoms with Gasteiger partial charge >= 0.3 is 0 Å². The minimum absolute atomic E-state index is 0.502. The van der Waals surface area contributed by atoms with Crippen molar-refractivity contribution in [2.45, 2.75) is 85.0 Å². The first kappa shape index (κ1) is 21.6. The number of aldehydes is 1. The second-order valence-electron chi connectivity index (χ2n) is 10.3. The third kappa shape index (κ3) is 3.59. The number of fused-ring (bicyclic) bond motifs is 3. The first-order chi connectivity index (χ1) is 13.5. The van der Waals surface area contributed by atoms with Crippen LogP contribution in [-0.2, 0) is 4.79 Å². The van der Waals surface area contributed by atoms with Crippen LogP contribution in [0.4, 0.5) is 0 Å². The SMILES string of the molecule is C=CC1C2(CC2)CC2C3CC/C(=C/C=O)C(CCC)C3CCC21C.C=CCC. The largest absolute Gasteiger partial charge is 0.299 e. The van der Waals surface area contributed by atoms with Gasteiger partial charge in [-0.3, -0.25) is 4.79 Å². The lowest BCUT2D eigenvalue weighted by Crippen LogP contribution is -2.45. The molecule has 28 heavy (non-hydrogen) atoms. The van der Waals surface area contributed by atoms with E-state index in [1.807, 2.05) is 12.2 Å². The van der Waals surface area contributed by atoms with E-state index in [-0.39, 0.29) is 0 Å². The summed E-state index contributed by atoms with van der Waals surface area (Å²) < 4.78 is 0. The van der Waals surface area contributed by atoms with Crippen molar-refractivity contribution in [1.82, 2.24) is 0 Å². The molecule has 6 unspecified atom stereocenters. The molecule has 4 aliphatic carbocycles. The molecule has 4 rings (SSSR count). The van der Waals surface area contributed by atoms with Gasteiger partial charge in [-0.2, -0.15) is 0 Å². The maximum atomic E-state index is 11.1. The summed E-state index contributed by atoms with van der Waals surface area (Å²) in [5.74, 6) is 4.07. The molecular weight excluding hydrogens is 340 g/mol. The average molecular weight is 383 g/mol. The van der Waals surface area contributed by atoms with Crippen LogP contribution in [0.5, 0.6) is 0 Å². The number of hydrogen-bond acceptors (Lipinski definition) is 1. The molecule has 4 saturated carbocycles. The van der Waals surface area contributed by atoms with Gasteiger partial charge in [-0.05, 0) is 104 Å². The van der Waals surface area contributed by atoms with E-state index in [0.29, 0.717) is 16.7 Å². The van der Waals surface area contributed by atoms with Crippen molar-refractivity contribution in [3.8, 4) is 0 Å². The van der Waals surface area contributed by atoms with Gasteiger partial charge in [-0.25, -0.2) is 0 Å². The summed E-state index contributed by atoms with van der Waals surface area (Å²) in [6.07, 6.45) is 20.4. The third-order valence-corrected chi connectivity index (χ3v) is 8.98. The second-order valence-corrected chi connectivity index (χ2v) is 10.3. The van der Waals surface area contributed by atoms with Crippen LogP contribution in [0, 0.1) is 40.4 Å². The molecule has 0 amide bonds. The van der Waals surface area contributed by atoms with Crippen LogP contribution in [0.1, 0.15) is 85.0 Å². The van der Waals surface area contributed by atoms with Crippen molar-refractivity contribution in [1.29, 1.82) is 0 Å². The van der Waals surface area contributed by atoms with Crippen LogP contribution in [-0.4, -0.2) is 6.29 Å². The molecule has 0 N–H and O–H groups in total. The topological polar surface area (TPSA) is 17.1 Å². The van der Waals surface area contributed by atoms with E-state index >= 15 is 0 Å². The Morgan fingerprint density at radius 2 is 1.82 bits per heavy atom. The van der Waals surface area contributed by atoms with Gasteiger partial charge in [0.15, 0.2) is 0 Å². The smallest absolute Gasteiger partial charge is 0.142 e. The van der Waals surface area contributed by atoms with E-state index in [0.717, 1.165) is 36.4 Å². The monoisotopic (exact) mass is 382 g/mol. The molecule has 1 spiro atoms. The highest BCUT2D eigenvalue weighted by Gasteiger charge is 2.66. The van der Waals surface area contributed by atoms with E-state index in [1.165, 1.54) is 63.4 Å². The van der Waals surface area contributed by atoms with Gasteiger partial charge in [0.05, 0.1) is 0 Å². The van der Waals surface area contributed by atoms with Gasteiger partial charge in [0.1, 0.15) is 6.29 Å². The predicted molar refractivity (Wildman–Crippen MR) is 120 cm³/mol. The highest BCUT2D eigenvalue weighted by molar-refractivity contribution is 5.66. The summed E-state index contributed by atoms with van der Waals surface area (Å²) in [4.78, 5) is 11.1. The minimum atomic E-state index is 0.502. The zero-order chi connectivity index (χ0) is 20.4. The molecule has 0 aromatic rings. The Kier molecular flexibility index (Phi) is 6.72. The zero-order valence-electron chi connectivity index (χ0n) is 18.6. The summed E-state index contributed by atoms with van der Waals surface area (Å²) in [5, 5.41) is 0. The van der Waals surface area contributed by atoms with Crippen LogP contribution in [0.15, 0.2) is 37.0 Å². The molecule has 4 aliphatic rings. The molecule has 0 aromatic carbocycles. The molecule has 1 heteroatoms. The maximum Gasteiger partial charge on any atom is 0.142 e. The predicted octanol–water partition coefficient (Wildman–Crippen LogP) is 7.54. The summed E-state index contributed by atoms with van der Waals surface area (Å²) >= 11 is 0. The lowest BCUT2D eigenvalue weighted by molar-refractivity contribution is -0.104. The van der Waals surface area contributed by atoms with Crippen LogP contribution >= 0.6 is 0 Å². The summed E-state index contributed by atoms with van der Waals surface area (Å²) in [5.41, 5.74) is 2.60. The molecule has 4 fully saturated rings. The van der Waals surface area contributed by atoms with Gasteiger partial charge in [0, 0.05) is 0 Å². The van der Waals surface area contributed by atoms with Crippen molar-refractivity contribution >= 4 is 6.29 Å². The van der Waals surface area contributed by atoms with Crippen LogP contribution in [0.2, 0.25) is 0 Å². The normalized spacial score (nSPS) is 41.4. The minimum Gasteiger partial charge on any atom is -0.299 e. The summed E-state index contributed by atoms with van der Waals surface area (Å²) in [7, 11) is 0. The molecule has 156 valence electrons. The molecule has 6 atom stereocenters. The van der Waals surface area contributed by atoms with Crippen LogP contribution in [0.25, 0.3) is 0 Å². The first-order valence-corrected chi connectivity index (χ1v) is 11.9. The van der Waals surface area contributed by atoms with Crippen LogP contribution < -0.4 is 0 Å². The third-order valence-electron chi connectivity index (χ3n) is 8.98. The average Bonchev–Trinajstić information content (AvgIpc) is 3.41. The van der Waals surface area contributed by atoms with E-state index in [2.05, 4.69) is 40.0 Å². The number of carbonyl (C=O) groups excluding carboxylic acids is 1. The van der Waals surface area contributed by atoms with Crippen molar-refractivity contribution in [2.75, 3.05) is 0 Å². The van der Waals surface area contributed by atoms with Crippen LogP contribution in [0.3, 0.4) is 0 Å².